The Labute approximate surface area is 127 Å². The predicted molar refractivity (Wildman–Crippen MR) is 82.5 cm³/mol. The molecular weight excluding hydrogens is 266 g/mol. The molecule has 4 atom stereocenters. The molecule has 0 aromatic carbocycles. The highest BCUT2D eigenvalue weighted by atomic mass is 16.2. The average Bonchev–Trinajstić information content (AvgIpc) is 2.49. The van der Waals surface area contributed by atoms with Gasteiger partial charge in [-0.05, 0) is 43.9 Å². The summed E-state index contributed by atoms with van der Waals surface area (Å²) in [5.74, 6) is 0.800. The maximum Gasteiger partial charge on any atom is 0.241 e. The fourth-order valence-electron chi connectivity index (χ4n) is 3.60. The molecule has 0 bridgehead atoms. The van der Waals surface area contributed by atoms with Gasteiger partial charge in [-0.3, -0.25) is 9.59 Å². The standard InChI is InChI=1S/C16H29N3O2/c1-11-8-12(2)14(17)9-13(11)16(21)18-10-15(20)19-6-4-3-5-7-19/h11-14H,3-10,17H2,1-2H3,(H,18,21). The molecule has 1 saturated heterocycles. The van der Waals surface area contributed by atoms with E-state index in [4.69, 9.17) is 5.73 Å². The zero-order valence-corrected chi connectivity index (χ0v) is 13.3. The first-order chi connectivity index (χ1) is 9.99. The second kappa shape index (κ2) is 7.25. The second-order valence-electron chi connectivity index (χ2n) is 6.86. The number of nitrogens with zero attached hydrogens (tertiary/aromatic N) is 1. The van der Waals surface area contributed by atoms with Crippen LogP contribution in [-0.2, 0) is 9.59 Å². The number of piperidine rings is 1. The van der Waals surface area contributed by atoms with Gasteiger partial charge in [0.25, 0.3) is 0 Å². The molecule has 0 aromatic rings. The minimum atomic E-state index is -0.0506. The summed E-state index contributed by atoms with van der Waals surface area (Å²) in [5, 5.41) is 2.83. The summed E-state index contributed by atoms with van der Waals surface area (Å²) >= 11 is 0. The fourth-order valence-corrected chi connectivity index (χ4v) is 3.60. The number of nitrogens with two attached hydrogens (primary N) is 1. The van der Waals surface area contributed by atoms with E-state index in [0.29, 0.717) is 11.8 Å². The first kappa shape index (κ1) is 16.3. The van der Waals surface area contributed by atoms with Gasteiger partial charge in [-0.1, -0.05) is 13.8 Å². The van der Waals surface area contributed by atoms with E-state index in [2.05, 4.69) is 19.2 Å². The highest BCUT2D eigenvalue weighted by Gasteiger charge is 2.35. The summed E-state index contributed by atoms with van der Waals surface area (Å²) in [5.41, 5.74) is 6.09. The van der Waals surface area contributed by atoms with Crippen LogP contribution < -0.4 is 11.1 Å². The Kier molecular flexibility index (Phi) is 5.62. The Balaban J connectivity index is 1.79. The van der Waals surface area contributed by atoms with Crippen LogP contribution in [0.25, 0.3) is 0 Å². The van der Waals surface area contributed by atoms with Crippen LogP contribution in [0.2, 0.25) is 0 Å². The van der Waals surface area contributed by atoms with Gasteiger partial charge in [-0.2, -0.15) is 0 Å². The van der Waals surface area contributed by atoms with Crippen LogP contribution in [0, 0.1) is 17.8 Å². The summed E-state index contributed by atoms with van der Waals surface area (Å²) in [4.78, 5) is 26.2. The number of carbonyl (C=O) groups excluding carboxylic acids is 2. The summed E-state index contributed by atoms with van der Waals surface area (Å²) in [6, 6.07) is 0.0924. The third-order valence-electron chi connectivity index (χ3n) is 5.15. The highest BCUT2D eigenvalue weighted by Crippen LogP contribution is 2.32. The Bertz CT molecular complexity index is 380. The molecule has 5 heteroatoms. The molecule has 0 radical (unpaired) electrons. The Morgan fingerprint density at radius 2 is 1.76 bits per heavy atom. The summed E-state index contributed by atoms with van der Waals surface area (Å²) < 4.78 is 0. The summed E-state index contributed by atoms with van der Waals surface area (Å²) in [6.45, 7) is 6.05. The Hall–Kier alpha value is -1.10. The van der Waals surface area contributed by atoms with Crippen LogP contribution in [0.1, 0.15) is 46.0 Å². The zero-order chi connectivity index (χ0) is 15.4. The van der Waals surface area contributed by atoms with Gasteiger partial charge < -0.3 is 16.0 Å². The molecule has 0 aromatic heterocycles. The Morgan fingerprint density at radius 3 is 2.43 bits per heavy atom. The monoisotopic (exact) mass is 295 g/mol. The SMILES string of the molecule is CC1CC(C)C(C(=O)NCC(=O)N2CCCCC2)CC1N. The third kappa shape index (κ3) is 4.19. The molecule has 2 fully saturated rings. The fraction of sp³-hybridized carbons (Fsp3) is 0.875. The molecule has 2 aliphatic rings. The van der Waals surface area contributed by atoms with Crippen molar-refractivity contribution in [3.05, 3.63) is 0 Å². The largest absolute Gasteiger partial charge is 0.347 e. The number of hydrogen-bond acceptors (Lipinski definition) is 3. The molecule has 1 aliphatic heterocycles. The topological polar surface area (TPSA) is 75.4 Å². The third-order valence-corrected chi connectivity index (χ3v) is 5.15. The van der Waals surface area contributed by atoms with E-state index in [1.165, 1.54) is 6.42 Å². The average molecular weight is 295 g/mol. The van der Waals surface area contributed by atoms with Crippen molar-refractivity contribution >= 4 is 11.8 Å². The molecule has 1 saturated carbocycles. The summed E-state index contributed by atoms with van der Waals surface area (Å²) in [6.07, 6.45) is 5.06. The minimum absolute atomic E-state index is 0.00444. The van der Waals surface area contributed by atoms with Gasteiger partial charge in [-0.15, -0.1) is 0 Å². The van der Waals surface area contributed by atoms with Gasteiger partial charge in [0.15, 0.2) is 0 Å². The second-order valence-corrected chi connectivity index (χ2v) is 6.86. The van der Waals surface area contributed by atoms with E-state index in [-0.39, 0.29) is 30.3 Å². The van der Waals surface area contributed by atoms with Gasteiger partial charge in [0, 0.05) is 25.0 Å². The first-order valence-corrected chi connectivity index (χ1v) is 8.30. The van der Waals surface area contributed by atoms with E-state index in [1.54, 1.807) is 0 Å². The van der Waals surface area contributed by atoms with Crippen molar-refractivity contribution in [3.8, 4) is 0 Å². The molecule has 1 heterocycles. The van der Waals surface area contributed by atoms with Crippen molar-refractivity contribution in [2.24, 2.45) is 23.5 Å². The van der Waals surface area contributed by atoms with Gasteiger partial charge >= 0.3 is 0 Å². The molecule has 2 amide bonds. The van der Waals surface area contributed by atoms with E-state index in [0.717, 1.165) is 38.8 Å². The van der Waals surface area contributed by atoms with Crippen molar-refractivity contribution in [2.75, 3.05) is 19.6 Å². The van der Waals surface area contributed by atoms with Crippen molar-refractivity contribution in [2.45, 2.75) is 52.0 Å². The smallest absolute Gasteiger partial charge is 0.241 e. The van der Waals surface area contributed by atoms with Crippen LogP contribution in [0.15, 0.2) is 0 Å². The molecule has 1 aliphatic carbocycles. The maximum absolute atomic E-state index is 12.3. The van der Waals surface area contributed by atoms with E-state index < -0.39 is 0 Å². The Morgan fingerprint density at radius 1 is 1.10 bits per heavy atom. The van der Waals surface area contributed by atoms with Crippen molar-refractivity contribution in [1.29, 1.82) is 0 Å². The number of hydrogen-bond donors (Lipinski definition) is 2. The summed E-state index contributed by atoms with van der Waals surface area (Å²) in [7, 11) is 0. The van der Waals surface area contributed by atoms with Crippen LogP contribution in [0.5, 0.6) is 0 Å². The van der Waals surface area contributed by atoms with Crippen molar-refractivity contribution < 1.29 is 9.59 Å². The molecule has 4 unspecified atom stereocenters. The number of carbonyl (C=O) groups is 2. The van der Waals surface area contributed by atoms with Crippen LogP contribution in [0.4, 0.5) is 0 Å². The van der Waals surface area contributed by atoms with Crippen molar-refractivity contribution in [3.63, 3.8) is 0 Å². The molecule has 2 rings (SSSR count). The number of nitrogens with one attached hydrogen (secondary N) is 1. The van der Waals surface area contributed by atoms with Gasteiger partial charge in [-0.25, -0.2) is 0 Å². The quantitative estimate of drug-likeness (QED) is 0.819. The van der Waals surface area contributed by atoms with E-state index in [1.807, 2.05) is 4.90 Å². The van der Waals surface area contributed by atoms with Crippen LogP contribution in [-0.4, -0.2) is 42.4 Å². The maximum atomic E-state index is 12.3. The number of rotatable bonds is 3. The van der Waals surface area contributed by atoms with Gasteiger partial charge in [0.2, 0.25) is 11.8 Å². The van der Waals surface area contributed by atoms with Gasteiger partial charge in [0.1, 0.15) is 0 Å². The molecule has 3 N–H and O–H groups in total. The minimum Gasteiger partial charge on any atom is -0.347 e. The number of amides is 2. The van der Waals surface area contributed by atoms with Gasteiger partial charge in [0.05, 0.1) is 6.54 Å². The molecule has 5 nitrogen and oxygen atoms in total. The van der Waals surface area contributed by atoms with E-state index >= 15 is 0 Å². The lowest BCUT2D eigenvalue weighted by Crippen LogP contribution is -2.48. The predicted octanol–water partition coefficient (Wildman–Crippen LogP) is 1.12. The van der Waals surface area contributed by atoms with Crippen LogP contribution in [0.3, 0.4) is 0 Å². The van der Waals surface area contributed by atoms with Crippen LogP contribution >= 0.6 is 0 Å². The lowest BCUT2D eigenvalue weighted by Gasteiger charge is -2.36. The molecular formula is C16H29N3O2. The first-order valence-electron chi connectivity index (χ1n) is 8.30. The highest BCUT2D eigenvalue weighted by molar-refractivity contribution is 5.86. The lowest BCUT2D eigenvalue weighted by molar-refractivity contribution is -0.135. The molecule has 21 heavy (non-hydrogen) atoms. The van der Waals surface area contributed by atoms with Crippen molar-refractivity contribution in [1.82, 2.24) is 10.2 Å². The molecule has 0 spiro atoms. The molecule has 120 valence electrons. The van der Waals surface area contributed by atoms with E-state index in [9.17, 15) is 9.59 Å². The zero-order valence-electron chi connectivity index (χ0n) is 13.3. The normalized spacial score (nSPS) is 33.6. The lowest BCUT2D eigenvalue weighted by atomic mass is 9.72. The number of likely N-dealkylation sites (tertiary alicyclic amines) is 1.